The van der Waals surface area contributed by atoms with Crippen molar-refractivity contribution in [3.63, 3.8) is 0 Å². The molecule has 0 atom stereocenters. The second-order valence-electron chi connectivity index (χ2n) is 5.36. The van der Waals surface area contributed by atoms with Crippen molar-refractivity contribution in [3.05, 3.63) is 41.2 Å². The zero-order valence-electron chi connectivity index (χ0n) is 12.6. The van der Waals surface area contributed by atoms with Crippen molar-refractivity contribution >= 4 is 18.2 Å². The van der Waals surface area contributed by atoms with E-state index in [1.165, 1.54) is 10.5 Å². The fourth-order valence-corrected chi connectivity index (χ4v) is 2.58. The Labute approximate surface area is 133 Å². The third-order valence-electron chi connectivity index (χ3n) is 3.87. The van der Waals surface area contributed by atoms with Crippen molar-refractivity contribution < 1.29 is 9.90 Å². The molecular weight excluding hydrogens is 296 g/mol. The summed E-state index contributed by atoms with van der Waals surface area (Å²) >= 11 is 0. The number of piperazine rings is 1. The maximum absolute atomic E-state index is 11.0. The van der Waals surface area contributed by atoms with Crippen molar-refractivity contribution in [3.8, 4) is 0 Å². The van der Waals surface area contributed by atoms with Crippen LogP contribution < -0.4 is 0 Å². The summed E-state index contributed by atoms with van der Waals surface area (Å²) in [7, 11) is 0. The summed E-state index contributed by atoms with van der Waals surface area (Å²) in [5.41, 5.74) is 2.30. The van der Waals surface area contributed by atoms with Gasteiger partial charge in [-0.3, -0.25) is 4.90 Å². The van der Waals surface area contributed by atoms with Gasteiger partial charge in [0.1, 0.15) is 0 Å². The lowest BCUT2D eigenvalue weighted by Gasteiger charge is -2.33. The smallest absolute Gasteiger partial charge is 0.407 e. The highest BCUT2D eigenvalue weighted by Crippen LogP contribution is 2.16. The molecule has 1 aliphatic heterocycles. The molecule has 0 spiro atoms. The zero-order chi connectivity index (χ0) is 16.1. The largest absolute Gasteiger partial charge is 0.465 e. The Bertz CT molecular complexity index is 677. The van der Waals surface area contributed by atoms with E-state index >= 15 is 0 Å². The number of benzene rings is 1. The average Bonchev–Trinajstić information content (AvgIpc) is 3.08. The lowest BCUT2D eigenvalue weighted by atomic mass is 10.1. The molecule has 2 N–H and O–H groups in total. The summed E-state index contributed by atoms with van der Waals surface area (Å²) in [5.74, 6) is 0.606. The molecule has 2 heterocycles. The van der Waals surface area contributed by atoms with Crippen LogP contribution in [0.4, 0.5) is 4.79 Å². The lowest BCUT2D eigenvalue weighted by molar-refractivity contribution is 0.103. The number of nitrogens with zero attached hydrogens (tertiary/aromatic N) is 5. The van der Waals surface area contributed by atoms with E-state index in [1.54, 1.807) is 0 Å². The summed E-state index contributed by atoms with van der Waals surface area (Å²) in [6.45, 7) is 3.39. The van der Waals surface area contributed by atoms with E-state index in [0.717, 1.165) is 25.2 Å². The molecule has 2 aromatic rings. The van der Waals surface area contributed by atoms with Crippen molar-refractivity contribution in [1.29, 1.82) is 0 Å². The predicted octanol–water partition coefficient (Wildman–Crippen LogP) is 1.17. The van der Waals surface area contributed by atoms with Crippen LogP contribution >= 0.6 is 0 Å². The molecule has 8 nitrogen and oxygen atoms in total. The quantitative estimate of drug-likeness (QED) is 0.879. The summed E-state index contributed by atoms with van der Waals surface area (Å²) in [5, 5.41) is 22.6. The molecule has 3 rings (SSSR count). The minimum absolute atomic E-state index is 0.553. The number of amides is 1. The summed E-state index contributed by atoms with van der Waals surface area (Å²) in [6, 6.07) is 8.13. The first-order valence-electron chi connectivity index (χ1n) is 7.42. The first-order chi connectivity index (χ1) is 11.2. The average molecular weight is 314 g/mol. The number of rotatable bonds is 4. The fraction of sp³-hybridized carbons (Fsp3) is 0.333. The van der Waals surface area contributed by atoms with Crippen LogP contribution in [0.2, 0.25) is 0 Å². The van der Waals surface area contributed by atoms with Gasteiger partial charge in [0.15, 0.2) is 5.82 Å². The van der Waals surface area contributed by atoms with Crippen molar-refractivity contribution in [1.82, 2.24) is 30.4 Å². The van der Waals surface area contributed by atoms with E-state index in [-0.39, 0.29) is 0 Å². The van der Waals surface area contributed by atoms with Crippen LogP contribution in [0, 0.1) is 0 Å². The van der Waals surface area contributed by atoms with Crippen molar-refractivity contribution in [2.45, 2.75) is 6.54 Å². The van der Waals surface area contributed by atoms with E-state index in [9.17, 15) is 4.79 Å². The second-order valence-corrected chi connectivity index (χ2v) is 5.36. The predicted molar refractivity (Wildman–Crippen MR) is 84.4 cm³/mol. The number of nitrogens with one attached hydrogen (secondary N) is 1. The first kappa shape index (κ1) is 15.2. The fourth-order valence-electron chi connectivity index (χ4n) is 2.58. The molecule has 0 bridgehead atoms. The van der Waals surface area contributed by atoms with Crippen molar-refractivity contribution in [2.75, 3.05) is 26.2 Å². The standard InChI is InChI=1S/C15H18N6O2/c22-15(23)21-9-7-20(8-10-21)11-13-4-2-1-3-12(13)5-6-14-16-18-19-17-14/h1-6H,7-11H2,(H,22,23)(H,16,17,18,19)/b6-5+. The third-order valence-corrected chi connectivity index (χ3v) is 3.87. The van der Waals surface area contributed by atoms with E-state index in [1.807, 2.05) is 30.4 Å². The van der Waals surface area contributed by atoms with Crippen LogP contribution in [0.25, 0.3) is 12.2 Å². The van der Waals surface area contributed by atoms with Crippen LogP contribution in [0.3, 0.4) is 0 Å². The van der Waals surface area contributed by atoms with E-state index < -0.39 is 6.09 Å². The van der Waals surface area contributed by atoms with E-state index in [4.69, 9.17) is 5.11 Å². The van der Waals surface area contributed by atoms with Crippen LogP contribution in [0.1, 0.15) is 17.0 Å². The first-order valence-corrected chi connectivity index (χ1v) is 7.42. The van der Waals surface area contributed by atoms with Crippen LogP contribution in [-0.4, -0.2) is 67.8 Å². The summed E-state index contributed by atoms with van der Waals surface area (Å²) in [4.78, 5) is 14.7. The maximum atomic E-state index is 11.0. The molecule has 120 valence electrons. The molecule has 0 radical (unpaired) electrons. The molecule has 1 aliphatic rings. The molecule has 0 saturated carbocycles. The number of carbonyl (C=O) groups is 1. The Morgan fingerprint density at radius 1 is 1.22 bits per heavy atom. The van der Waals surface area contributed by atoms with Crippen molar-refractivity contribution in [2.24, 2.45) is 0 Å². The Kier molecular flexibility index (Phi) is 4.62. The molecule has 1 amide bonds. The lowest BCUT2D eigenvalue weighted by Crippen LogP contribution is -2.47. The molecule has 1 aromatic heterocycles. The Balaban J connectivity index is 1.65. The van der Waals surface area contributed by atoms with Gasteiger partial charge in [0.2, 0.25) is 0 Å². The topological polar surface area (TPSA) is 98.2 Å². The van der Waals surface area contributed by atoms with Gasteiger partial charge < -0.3 is 10.0 Å². The molecule has 0 unspecified atom stereocenters. The highest BCUT2D eigenvalue weighted by molar-refractivity contribution is 5.68. The van der Waals surface area contributed by atoms with Crippen LogP contribution in [0.5, 0.6) is 0 Å². The molecule has 1 fully saturated rings. The van der Waals surface area contributed by atoms with Gasteiger partial charge in [0, 0.05) is 32.7 Å². The number of hydrogen-bond donors (Lipinski definition) is 2. The molecule has 0 aliphatic carbocycles. The minimum atomic E-state index is -0.839. The summed E-state index contributed by atoms with van der Waals surface area (Å²) in [6.07, 6.45) is 2.97. The van der Waals surface area contributed by atoms with Gasteiger partial charge >= 0.3 is 6.09 Å². The monoisotopic (exact) mass is 314 g/mol. The van der Waals surface area contributed by atoms with Gasteiger partial charge in [-0.1, -0.05) is 30.3 Å². The molecule has 1 saturated heterocycles. The molecule has 23 heavy (non-hydrogen) atoms. The van der Waals surface area contributed by atoms with E-state index in [0.29, 0.717) is 18.9 Å². The van der Waals surface area contributed by atoms with Gasteiger partial charge in [-0.25, -0.2) is 9.89 Å². The third kappa shape index (κ3) is 3.92. The van der Waals surface area contributed by atoms with E-state index in [2.05, 4.69) is 31.6 Å². The Morgan fingerprint density at radius 3 is 2.70 bits per heavy atom. The summed E-state index contributed by atoms with van der Waals surface area (Å²) < 4.78 is 0. The number of tetrazole rings is 1. The number of hydrogen-bond acceptors (Lipinski definition) is 5. The Morgan fingerprint density at radius 2 is 2.00 bits per heavy atom. The molecular formula is C15H18N6O2. The normalized spacial score (nSPS) is 16.1. The second kappa shape index (κ2) is 7.01. The number of carboxylic acid groups (broad SMARTS) is 1. The van der Waals surface area contributed by atoms with Crippen LogP contribution in [-0.2, 0) is 6.54 Å². The van der Waals surface area contributed by atoms with Gasteiger partial charge in [-0.05, 0) is 27.6 Å². The number of H-pyrrole nitrogens is 1. The number of aromatic nitrogens is 4. The molecule has 8 heteroatoms. The zero-order valence-corrected chi connectivity index (χ0v) is 12.6. The highest BCUT2D eigenvalue weighted by Gasteiger charge is 2.20. The Hall–Kier alpha value is -2.74. The van der Waals surface area contributed by atoms with Gasteiger partial charge in [-0.2, -0.15) is 0 Å². The minimum Gasteiger partial charge on any atom is -0.465 e. The molecule has 1 aromatic carbocycles. The highest BCUT2D eigenvalue weighted by atomic mass is 16.4. The maximum Gasteiger partial charge on any atom is 0.407 e. The van der Waals surface area contributed by atoms with Gasteiger partial charge in [-0.15, -0.1) is 5.10 Å². The van der Waals surface area contributed by atoms with Gasteiger partial charge in [0.25, 0.3) is 0 Å². The van der Waals surface area contributed by atoms with Gasteiger partial charge in [0.05, 0.1) is 0 Å². The number of aromatic amines is 1. The van der Waals surface area contributed by atoms with Crippen LogP contribution in [0.15, 0.2) is 24.3 Å². The SMILES string of the molecule is O=C(O)N1CCN(Cc2ccccc2/C=C/c2nnn[nH]2)CC1.